The maximum atomic E-state index is 13.1. The van der Waals surface area contributed by atoms with E-state index < -0.39 is 15.9 Å². The van der Waals surface area contributed by atoms with Gasteiger partial charge in [0.05, 0.1) is 20.3 Å². The molecule has 2 aromatic rings. The summed E-state index contributed by atoms with van der Waals surface area (Å²) in [5.41, 5.74) is 1.70. The molecule has 0 aromatic heterocycles. The van der Waals surface area contributed by atoms with Gasteiger partial charge in [0.25, 0.3) is 5.91 Å². The van der Waals surface area contributed by atoms with Crippen LogP contribution >= 0.6 is 0 Å². The molecule has 0 radical (unpaired) electrons. The lowest BCUT2D eigenvalue weighted by atomic mass is 10.1. The summed E-state index contributed by atoms with van der Waals surface area (Å²) in [6, 6.07) is 11.4. The molecule has 0 atom stereocenters. The van der Waals surface area contributed by atoms with Gasteiger partial charge in [-0.05, 0) is 35.9 Å². The van der Waals surface area contributed by atoms with Crippen molar-refractivity contribution >= 4 is 27.5 Å². The number of ether oxygens (including phenoxy) is 2. The predicted octanol–water partition coefficient (Wildman–Crippen LogP) is 1.60. The van der Waals surface area contributed by atoms with Gasteiger partial charge in [0, 0.05) is 37.8 Å². The van der Waals surface area contributed by atoms with Crippen LogP contribution in [0.25, 0.3) is 0 Å². The minimum atomic E-state index is -3.83. The fourth-order valence-corrected chi connectivity index (χ4v) is 4.73. The topological polar surface area (TPSA) is 114 Å². The fraction of sp³-hybridized carbons (Fsp3) is 0.333. The molecule has 10 heteroatoms. The van der Waals surface area contributed by atoms with Gasteiger partial charge in [-0.3, -0.25) is 9.59 Å². The molecule has 2 amide bonds. The molecule has 0 unspecified atom stereocenters. The lowest BCUT2D eigenvalue weighted by molar-refractivity contribution is -0.114. The van der Waals surface area contributed by atoms with Crippen LogP contribution in [0.15, 0.2) is 47.4 Å². The van der Waals surface area contributed by atoms with Crippen LogP contribution in [0.5, 0.6) is 5.75 Å². The quantitative estimate of drug-likeness (QED) is 0.667. The standard InChI is InChI=1S/C21H25N3O6S/c1-15(25)23-18-6-3-16(4-7-18)14-22-21(26)17-5-8-19(29-2)20(13-17)31(27,28)24-9-11-30-12-10-24/h3-8,13H,9-12,14H2,1-2H3,(H,22,26)(H,23,25). The average Bonchev–Trinajstić information content (AvgIpc) is 2.78. The van der Waals surface area contributed by atoms with E-state index in [9.17, 15) is 18.0 Å². The van der Waals surface area contributed by atoms with E-state index in [0.717, 1.165) is 5.56 Å². The third-order valence-electron chi connectivity index (χ3n) is 4.74. The van der Waals surface area contributed by atoms with Gasteiger partial charge >= 0.3 is 0 Å². The minimum absolute atomic E-state index is 0.0517. The van der Waals surface area contributed by atoms with Gasteiger partial charge in [0.2, 0.25) is 15.9 Å². The maximum absolute atomic E-state index is 13.1. The lowest BCUT2D eigenvalue weighted by Crippen LogP contribution is -2.40. The van der Waals surface area contributed by atoms with Crippen LogP contribution in [0, 0.1) is 0 Å². The average molecular weight is 448 g/mol. The predicted molar refractivity (Wildman–Crippen MR) is 114 cm³/mol. The summed E-state index contributed by atoms with van der Waals surface area (Å²) in [5.74, 6) is -0.396. The second-order valence-electron chi connectivity index (χ2n) is 6.94. The van der Waals surface area contributed by atoms with E-state index in [1.165, 1.54) is 36.5 Å². The van der Waals surface area contributed by atoms with E-state index in [0.29, 0.717) is 18.9 Å². The van der Waals surface area contributed by atoms with Crippen molar-refractivity contribution in [2.45, 2.75) is 18.4 Å². The van der Waals surface area contributed by atoms with E-state index in [-0.39, 0.29) is 41.7 Å². The highest BCUT2D eigenvalue weighted by Crippen LogP contribution is 2.28. The lowest BCUT2D eigenvalue weighted by Gasteiger charge is -2.26. The Morgan fingerprint density at radius 3 is 2.39 bits per heavy atom. The molecule has 1 aliphatic heterocycles. The van der Waals surface area contributed by atoms with Crippen molar-refractivity contribution in [2.75, 3.05) is 38.7 Å². The zero-order chi connectivity index (χ0) is 22.4. The molecule has 2 aromatic carbocycles. The molecule has 0 aliphatic carbocycles. The normalized spacial score (nSPS) is 14.6. The molecule has 1 fully saturated rings. The van der Waals surface area contributed by atoms with Gasteiger partial charge in [-0.25, -0.2) is 8.42 Å². The van der Waals surface area contributed by atoms with E-state index in [1.54, 1.807) is 24.3 Å². The highest BCUT2D eigenvalue weighted by Gasteiger charge is 2.30. The number of carbonyl (C=O) groups is 2. The maximum Gasteiger partial charge on any atom is 0.251 e. The molecule has 166 valence electrons. The molecule has 9 nitrogen and oxygen atoms in total. The molecule has 1 aliphatic rings. The third kappa shape index (κ3) is 5.60. The Morgan fingerprint density at radius 2 is 1.77 bits per heavy atom. The number of benzene rings is 2. The smallest absolute Gasteiger partial charge is 0.251 e. The number of nitrogens with zero attached hydrogens (tertiary/aromatic N) is 1. The number of hydrogen-bond acceptors (Lipinski definition) is 6. The Kier molecular flexibility index (Phi) is 7.26. The first-order chi connectivity index (χ1) is 14.8. The van der Waals surface area contributed by atoms with Gasteiger partial charge < -0.3 is 20.1 Å². The number of rotatable bonds is 7. The summed E-state index contributed by atoms with van der Waals surface area (Å²) in [6.07, 6.45) is 0. The van der Waals surface area contributed by atoms with E-state index in [2.05, 4.69) is 10.6 Å². The Labute approximate surface area is 181 Å². The van der Waals surface area contributed by atoms with Crippen molar-refractivity contribution in [1.29, 1.82) is 0 Å². The highest BCUT2D eigenvalue weighted by atomic mass is 32.2. The third-order valence-corrected chi connectivity index (χ3v) is 6.66. The van der Waals surface area contributed by atoms with Crippen LogP contribution in [0.4, 0.5) is 5.69 Å². The van der Waals surface area contributed by atoms with Crippen LogP contribution in [0.3, 0.4) is 0 Å². The molecular weight excluding hydrogens is 422 g/mol. The number of sulfonamides is 1. The summed E-state index contributed by atoms with van der Waals surface area (Å²) in [7, 11) is -2.44. The SMILES string of the molecule is COc1ccc(C(=O)NCc2ccc(NC(C)=O)cc2)cc1S(=O)(=O)N1CCOCC1. The van der Waals surface area contributed by atoms with E-state index in [1.807, 2.05) is 0 Å². The van der Waals surface area contributed by atoms with Crippen LogP contribution in [-0.4, -0.2) is 58.0 Å². The van der Waals surface area contributed by atoms with Crippen molar-refractivity contribution in [3.05, 3.63) is 53.6 Å². The zero-order valence-corrected chi connectivity index (χ0v) is 18.2. The number of anilines is 1. The second-order valence-corrected chi connectivity index (χ2v) is 8.85. The zero-order valence-electron chi connectivity index (χ0n) is 17.4. The van der Waals surface area contributed by atoms with Crippen LogP contribution in [0.1, 0.15) is 22.8 Å². The van der Waals surface area contributed by atoms with Crippen molar-refractivity contribution < 1.29 is 27.5 Å². The molecule has 0 saturated carbocycles. The summed E-state index contributed by atoms with van der Waals surface area (Å²) < 4.78 is 37.9. The summed E-state index contributed by atoms with van der Waals surface area (Å²) >= 11 is 0. The molecule has 31 heavy (non-hydrogen) atoms. The van der Waals surface area contributed by atoms with E-state index in [4.69, 9.17) is 9.47 Å². The summed E-state index contributed by atoms with van der Waals surface area (Å²) in [6.45, 7) is 2.81. The molecule has 1 saturated heterocycles. The largest absolute Gasteiger partial charge is 0.495 e. The van der Waals surface area contributed by atoms with Crippen molar-refractivity contribution in [3.63, 3.8) is 0 Å². The molecule has 1 heterocycles. The highest BCUT2D eigenvalue weighted by molar-refractivity contribution is 7.89. The van der Waals surface area contributed by atoms with Gasteiger partial charge in [-0.15, -0.1) is 0 Å². The number of carbonyl (C=O) groups excluding carboxylic acids is 2. The molecular formula is C21H25N3O6S. The Morgan fingerprint density at radius 1 is 1.10 bits per heavy atom. The number of amides is 2. The Hall–Kier alpha value is -2.95. The van der Waals surface area contributed by atoms with Crippen molar-refractivity contribution in [1.82, 2.24) is 9.62 Å². The minimum Gasteiger partial charge on any atom is -0.495 e. The molecule has 2 N–H and O–H groups in total. The van der Waals surface area contributed by atoms with Gasteiger partial charge in [-0.2, -0.15) is 4.31 Å². The van der Waals surface area contributed by atoms with Crippen LogP contribution in [0.2, 0.25) is 0 Å². The number of methoxy groups -OCH3 is 1. The number of hydrogen-bond donors (Lipinski definition) is 2. The van der Waals surface area contributed by atoms with Crippen LogP contribution in [-0.2, 0) is 26.1 Å². The van der Waals surface area contributed by atoms with Crippen molar-refractivity contribution in [2.24, 2.45) is 0 Å². The van der Waals surface area contributed by atoms with E-state index >= 15 is 0 Å². The Bertz CT molecular complexity index is 1050. The Balaban J connectivity index is 1.74. The van der Waals surface area contributed by atoms with Gasteiger partial charge in [-0.1, -0.05) is 12.1 Å². The summed E-state index contributed by atoms with van der Waals surface area (Å²) in [4.78, 5) is 23.7. The fourth-order valence-electron chi connectivity index (χ4n) is 3.14. The molecule has 0 spiro atoms. The molecule has 3 rings (SSSR count). The first-order valence-corrected chi connectivity index (χ1v) is 11.2. The van der Waals surface area contributed by atoms with Gasteiger partial charge in [0.15, 0.2) is 0 Å². The molecule has 0 bridgehead atoms. The van der Waals surface area contributed by atoms with Gasteiger partial charge in [0.1, 0.15) is 10.6 Å². The first kappa shape index (κ1) is 22.7. The van der Waals surface area contributed by atoms with Crippen LogP contribution < -0.4 is 15.4 Å². The number of morpholine rings is 1. The van der Waals surface area contributed by atoms with Crippen molar-refractivity contribution in [3.8, 4) is 5.75 Å². The first-order valence-electron chi connectivity index (χ1n) is 9.72. The second kappa shape index (κ2) is 9.90. The summed E-state index contributed by atoms with van der Waals surface area (Å²) in [5, 5.41) is 5.45. The monoisotopic (exact) mass is 447 g/mol. The number of nitrogens with one attached hydrogen (secondary N) is 2.